The van der Waals surface area contributed by atoms with Gasteiger partial charge < -0.3 is 19.9 Å². The van der Waals surface area contributed by atoms with Crippen molar-refractivity contribution >= 4 is 45.5 Å². The molecular formula is C32H29ClN4O2. The van der Waals surface area contributed by atoms with E-state index in [0.29, 0.717) is 34.1 Å². The van der Waals surface area contributed by atoms with E-state index in [1.165, 1.54) is 0 Å². The van der Waals surface area contributed by atoms with Crippen molar-refractivity contribution in [1.82, 2.24) is 9.88 Å². The van der Waals surface area contributed by atoms with E-state index < -0.39 is 0 Å². The molecule has 0 aliphatic heterocycles. The van der Waals surface area contributed by atoms with Crippen molar-refractivity contribution in [2.75, 3.05) is 32.1 Å². The Bertz CT molecular complexity index is 1610. The Hall–Kier alpha value is -4.39. The summed E-state index contributed by atoms with van der Waals surface area (Å²) in [5.74, 6) is -0.0316. The fraction of sp³-hybridized carbons (Fsp3) is 0.125. The van der Waals surface area contributed by atoms with Gasteiger partial charge in [0.2, 0.25) is 0 Å². The van der Waals surface area contributed by atoms with Crippen molar-refractivity contribution in [1.29, 1.82) is 0 Å². The zero-order chi connectivity index (χ0) is 27.4. The number of nitrogens with zero attached hydrogens (tertiary/aromatic N) is 3. The molecule has 39 heavy (non-hydrogen) atoms. The molecule has 0 fully saturated rings. The number of carbonyl (C=O) groups excluding carboxylic acids is 1. The number of nitrogens with one attached hydrogen (secondary N) is 1. The first-order valence-corrected chi connectivity index (χ1v) is 13.0. The van der Waals surface area contributed by atoms with Gasteiger partial charge in [-0.1, -0.05) is 66.2 Å². The van der Waals surface area contributed by atoms with Crippen molar-refractivity contribution < 1.29 is 9.90 Å². The average molecular weight is 537 g/mol. The fourth-order valence-electron chi connectivity index (χ4n) is 4.48. The second kappa shape index (κ2) is 11.6. The van der Waals surface area contributed by atoms with E-state index in [-0.39, 0.29) is 11.8 Å². The molecule has 1 heterocycles. The zero-order valence-electron chi connectivity index (χ0n) is 21.8. The summed E-state index contributed by atoms with van der Waals surface area (Å²) in [7, 11) is 3.98. The van der Waals surface area contributed by atoms with E-state index in [0.717, 1.165) is 28.7 Å². The number of amides is 1. The van der Waals surface area contributed by atoms with Gasteiger partial charge in [0.05, 0.1) is 22.5 Å². The maximum atomic E-state index is 13.4. The molecule has 0 spiro atoms. The van der Waals surface area contributed by atoms with E-state index in [9.17, 15) is 9.90 Å². The average Bonchev–Trinajstić information content (AvgIpc) is 3.27. The number of anilines is 1. The Morgan fingerprint density at radius 1 is 0.846 bits per heavy atom. The number of aromatic hydroxyl groups is 1. The minimum absolute atomic E-state index is 0.0230. The van der Waals surface area contributed by atoms with Gasteiger partial charge in [-0.2, -0.15) is 0 Å². The van der Waals surface area contributed by atoms with Gasteiger partial charge in [0.1, 0.15) is 0 Å². The number of halogens is 1. The summed E-state index contributed by atoms with van der Waals surface area (Å²) in [5.41, 5.74) is 4.93. The van der Waals surface area contributed by atoms with Crippen LogP contribution in [0.25, 0.3) is 10.9 Å². The molecule has 6 nitrogen and oxygen atoms in total. The summed E-state index contributed by atoms with van der Waals surface area (Å²) in [6, 6.07) is 32.1. The molecule has 7 heteroatoms. The Kier molecular flexibility index (Phi) is 7.77. The Morgan fingerprint density at radius 2 is 1.49 bits per heavy atom. The van der Waals surface area contributed by atoms with Gasteiger partial charge in [-0.15, -0.1) is 0 Å². The largest absolute Gasteiger partial charge is 0.494 e. The Labute approximate surface area is 232 Å². The Balaban J connectivity index is 1.55. The van der Waals surface area contributed by atoms with Crippen LogP contribution in [0.4, 0.5) is 11.4 Å². The number of H-pyrrole nitrogens is 1. The molecule has 5 aromatic rings. The summed E-state index contributed by atoms with van der Waals surface area (Å²) < 4.78 is 0. The van der Waals surface area contributed by atoms with Crippen LogP contribution in [0.1, 0.15) is 21.5 Å². The third kappa shape index (κ3) is 5.87. The molecule has 0 radical (unpaired) electrons. The normalized spacial score (nSPS) is 11.7. The number of hydrogen-bond donors (Lipinski definition) is 2. The third-order valence-electron chi connectivity index (χ3n) is 6.46. The second-order valence-corrected chi connectivity index (χ2v) is 9.94. The molecule has 0 unspecified atom stereocenters. The van der Waals surface area contributed by atoms with Crippen LogP contribution in [-0.2, 0) is 0 Å². The highest BCUT2D eigenvalue weighted by atomic mass is 35.5. The quantitative estimate of drug-likeness (QED) is 0.212. The van der Waals surface area contributed by atoms with Gasteiger partial charge in [0.15, 0.2) is 5.88 Å². The van der Waals surface area contributed by atoms with Gasteiger partial charge >= 0.3 is 0 Å². The topological polar surface area (TPSA) is 71.9 Å². The third-order valence-corrected chi connectivity index (χ3v) is 6.70. The number of aromatic amines is 1. The van der Waals surface area contributed by atoms with E-state index in [1.807, 2.05) is 105 Å². The number of benzene rings is 4. The SMILES string of the molecule is CN(C)CCN(C(=O)c1ccccc1)c1ccc(N=C(c2ccccc2)c2c(O)[nH]c3cc(Cl)ccc23)cc1. The van der Waals surface area contributed by atoms with Crippen LogP contribution < -0.4 is 4.90 Å². The predicted molar refractivity (Wildman–Crippen MR) is 160 cm³/mol. The van der Waals surface area contributed by atoms with Crippen LogP contribution >= 0.6 is 11.6 Å². The number of likely N-dealkylation sites (N-methyl/N-ethyl adjacent to an activating group) is 1. The lowest BCUT2D eigenvalue weighted by atomic mass is 10.0. The van der Waals surface area contributed by atoms with E-state index in [2.05, 4.69) is 9.88 Å². The number of rotatable bonds is 8. The summed E-state index contributed by atoms with van der Waals surface area (Å²) in [5, 5.41) is 12.3. The first-order valence-electron chi connectivity index (χ1n) is 12.7. The number of aromatic nitrogens is 1. The van der Waals surface area contributed by atoms with E-state index in [4.69, 9.17) is 16.6 Å². The molecule has 5 rings (SSSR count). The zero-order valence-corrected chi connectivity index (χ0v) is 22.6. The highest BCUT2D eigenvalue weighted by Gasteiger charge is 2.20. The van der Waals surface area contributed by atoms with Crippen LogP contribution in [0.15, 0.2) is 108 Å². The van der Waals surface area contributed by atoms with Gasteiger partial charge in [-0.05, 0) is 62.6 Å². The number of aliphatic imine (C=N–C) groups is 1. The van der Waals surface area contributed by atoms with Gasteiger partial charge in [0.25, 0.3) is 5.91 Å². The van der Waals surface area contributed by atoms with Crippen LogP contribution in [-0.4, -0.2) is 53.8 Å². The maximum absolute atomic E-state index is 13.4. The standard InChI is InChI=1S/C32H29ClN4O2/c1-36(2)19-20-37(32(39)23-11-7-4-8-12-23)26-16-14-25(15-17-26)34-30(22-9-5-3-6-10-22)29-27-18-13-24(33)21-28(27)35-31(29)38/h3-18,21,35,38H,19-20H2,1-2H3. The molecule has 0 saturated carbocycles. The lowest BCUT2D eigenvalue weighted by Crippen LogP contribution is -2.36. The predicted octanol–water partition coefficient (Wildman–Crippen LogP) is 6.90. The summed E-state index contributed by atoms with van der Waals surface area (Å²) in [4.78, 5) is 25.2. The molecule has 0 aliphatic carbocycles. The molecule has 1 amide bonds. The van der Waals surface area contributed by atoms with E-state index in [1.54, 1.807) is 17.0 Å². The van der Waals surface area contributed by atoms with Gasteiger partial charge in [0, 0.05) is 40.3 Å². The molecule has 0 bridgehead atoms. The first-order chi connectivity index (χ1) is 18.9. The minimum Gasteiger partial charge on any atom is -0.494 e. The first kappa shape index (κ1) is 26.2. The van der Waals surface area contributed by atoms with Gasteiger partial charge in [-0.3, -0.25) is 4.79 Å². The van der Waals surface area contributed by atoms with Crippen molar-refractivity contribution in [3.05, 3.63) is 125 Å². The van der Waals surface area contributed by atoms with Crippen molar-refractivity contribution in [3.63, 3.8) is 0 Å². The summed E-state index contributed by atoms with van der Waals surface area (Å²) in [6.07, 6.45) is 0. The van der Waals surface area contributed by atoms with Crippen molar-refractivity contribution in [2.45, 2.75) is 0 Å². The maximum Gasteiger partial charge on any atom is 0.258 e. The number of carbonyl (C=O) groups is 1. The fourth-order valence-corrected chi connectivity index (χ4v) is 4.65. The number of fused-ring (bicyclic) bond motifs is 1. The summed E-state index contributed by atoms with van der Waals surface area (Å²) in [6.45, 7) is 1.27. The molecule has 2 N–H and O–H groups in total. The highest BCUT2D eigenvalue weighted by Crippen LogP contribution is 2.33. The second-order valence-electron chi connectivity index (χ2n) is 9.51. The monoisotopic (exact) mass is 536 g/mol. The summed E-state index contributed by atoms with van der Waals surface area (Å²) >= 11 is 6.19. The van der Waals surface area contributed by atoms with Crippen LogP contribution in [0.3, 0.4) is 0 Å². The van der Waals surface area contributed by atoms with E-state index >= 15 is 0 Å². The Morgan fingerprint density at radius 3 is 2.13 bits per heavy atom. The van der Waals surface area contributed by atoms with Crippen LogP contribution in [0, 0.1) is 0 Å². The smallest absolute Gasteiger partial charge is 0.258 e. The molecule has 196 valence electrons. The van der Waals surface area contributed by atoms with Gasteiger partial charge in [-0.25, -0.2) is 4.99 Å². The molecule has 1 aromatic heterocycles. The molecule has 0 saturated heterocycles. The lowest BCUT2D eigenvalue weighted by molar-refractivity contribution is 0.0985. The molecule has 4 aromatic carbocycles. The van der Waals surface area contributed by atoms with Crippen molar-refractivity contribution in [3.8, 4) is 5.88 Å². The van der Waals surface area contributed by atoms with Crippen LogP contribution in [0.2, 0.25) is 5.02 Å². The van der Waals surface area contributed by atoms with Crippen molar-refractivity contribution in [2.24, 2.45) is 4.99 Å². The molecule has 0 atom stereocenters. The highest BCUT2D eigenvalue weighted by molar-refractivity contribution is 6.31. The van der Waals surface area contributed by atoms with Crippen LogP contribution in [0.5, 0.6) is 5.88 Å². The lowest BCUT2D eigenvalue weighted by Gasteiger charge is -2.25. The molecule has 0 aliphatic rings. The number of hydrogen-bond acceptors (Lipinski definition) is 4. The minimum atomic E-state index is -0.0546. The molecular weight excluding hydrogens is 508 g/mol.